The molecule has 2 atom stereocenters. The molecular weight excluding hydrogens is 517 g/mol. The van der Waals surface area contributed by atoms with Crippen LogP contribution in [0.2, 0.25) is 0 Å². The number of aliphatic hydroxyl groups is 1. The summed E-state index contributed by atoms with van der Waals surface area (Å²) in [7, 11) is 0.968. The molecule has 0 saturated carbocycles. The van der Waals surface area contributed by atoms with Gasteiger partial charge in [0.05, 0.1) is 34.9 Å². The minimum absolute atomic E-state index is 0.120. The second kappa shape index (κ2) is 14.1. The van der Waals surface area contributed by atoms with E-state index in [1.807, 2.05) is 6.20 Å². The average Bonchev–Trinajstić information content (AvgIpc) is 3.39. The summed E-state index contributed by atoms with van der Waals surface area (Å²) < 4.78 is 36.5. The van der Waals surface area contributed by atoms with E-state index in [1.165, 1.54) is 40.6 Å². The Hall–Kier alpha value is -3.96. The Balaban J connectivity index is 0.000000384. The molecule has 2 aromatic carbocycles. The van der Waals surface area contributed by atoms with Crippen molar-refractivity contribution in [3.05, 3.63) is 72.0 Å². The van der Waals surface area contributed by atoms with Crippen molar-refractivity contribution in [2.75, 3.05) is 28.4 Å². The number of phosphoric acid groups is 1. The molecule has 12 nitrogen and oxygen atoms in total. The maximum atomic E-state index is 11.0. The maximum Gasteiger partial charge on any atom is 0.317 e. The predicted octanol–water partition coefficient (Wildman–Crippen LogP) is 1.78. The number of hydrogen-bond acceptors (Lipinski definition) is 8. The molecule has 2 unspecified atom stereocenters. The number of quaternary nitrogens is 1. The average molecular weight is 551 g/mol. The Kier molecular flexibility index (Phi) is 11.2. The van der Waals surface area contributed by atoms with E-state index in [2.05, 4.69) is 26.8 Å². The number of H-pyrrole nitrogens is 2. The van der Waals surface area contributed by atoms with Crippen LogP contribution < -0.4 is 39.1 Å². The van der Waals surface area contributed by atoms with Gasteiger partial charge in [-0.05, 0) is 35.4 Å². The molecule has 0 radical (unpaired) electrons. The molecule has 1 heterocycles. The van der Waals surface area contributed by atoms with E-state index in [0.29, 0.717) is 29.2 Å². The van der Waals surface area contributed by atoms with Crippen LogP contribution in [0.3, 0.4) is 0 Å². The van der Waals surface area contributed by atoms with Crippen molar-refractivity contribution in [3.8, 4) is 28.7 Å². The van der Waals surface area contributed by atoms with Crippen molar-refractivity contribution in [1.82, 2.24) is 4.98 Å². The molecule has 0 fully saturated rings. The van der Waals surface area contributed by atoms with Crippen LogP contribution in [0.5, 0.6) is 28.7 Å². The van der Waals surface area contributed by atoms with Gasteiger partial charge in [-0.2, -0.15) is 0 Å². The first-order valence-corrected chi connectivity index (χ1v) is 12.6. The van der Waals surface area contributed by atoms with E-state index < -0.39 is 7.82 Å². The molecule has 0 amide bonds. The van der Waals surface area contributed by atoms with Gasteiger partial charge in [0.25, 0.3) is 0 Å². The molecule has 0 saturated heterocycles. The standard InChI is InChI=1S/C18H21O8P.C7H11N3O/c1-22-14-8-7-12(9-15(14)26-27(19,20)21)5-6-13-10-16(23-2)18(25-4)17(11-13)24-3;1-5(11)7(8)2-6-3-9-4-10-6/h5-11H,1-4H3,(H2,19,20,21);3-4,7,11H,1-2,8H2,(H,9,10)/p+1/b6-5-;. The lowest BCUT2D eigenvalue weighted by Crippen LogP contribution is -2.62. The van der Waals surface area contributed by atoms with Crippen molar-refractivity contribution in [2.45, 2.75) is 12.5 Å². The number of phosphoric ester groups is 1. The molecule has 1 aromatic heterocycles. The summed E-state index contributed by atoms with van der Waals surface area (Å²) in [5.41, 5.74) is 6.12. The number of ether oxygens (including phenoxy) is 4. The van der Waals surface area contributed by atoms with Crippen LogP contribution in [-0.2, 0) is 11.0 Å². The second-order valence-corrected chi connectivity index (χ2v) is 8.90. The molecule has 0 aliphatic rings. The number of rotatable bonds is 11. The molecule has 13 heteroatoms. The quantitative estimate of drug-likeness (QED) is 0.157. The number of imidazole rings is 1. The van der Waals surface area contributed by atoms with Gasteiger partial charge in [0.1, 0.15) is 23.7 Å². The number of nitrogens with one attached hydrogen (secondary N) is 2. The predicted molar refractivity (Wildman–Crippen MR) is 138 cm³/mol. The Bertz CT molecular complexity index is 1250. The smallest absolute Gasteiger partial charge is 0.317 e. The fraction of sp³-hybridized carbons (Fsp3) is 0.240. The lowest BCUT2D eigenvalue weighted by molar-refractivity contribution is -0.413. The Labute approximate surface area is 220 Å². The number of aliphatic hydroxyl groups excluding tert-OH is 1. The maximum absolute atomic E-state index is 11.0. The molecule has 0 aliphatic carbocycles. The first kappa shape index (κ1) is 30.3. The van der Waals surface area contributed by atoms with E-state index in [9.17, 15) is 9.46 Å². The largest absolute Gasteiger partial charge is 0.746 e. The molecule has 38 heavy (non-hydrogen) atoms. The van der Waals surface area contributed by atoms with Crippen LogP contribution in [0.25, 0.3) is 12.2 Å². The third kappa shape index (κ3) is 9.16. The molecule has 0 spiro atoms. The second-order valence-electron chi connectivity index (χ2n) is 7.78. The van der Waals surface area contributed by atoms with Crippen molar-refractivity contribution in [1.29, 1.82) is 0 Å². The minimum Gasteiger partial charge on any atom is -0.746 e. The topological polar surface area (TPSA) is 184 Å². The normalized spacial score (nSPS) is 13.0. The molecule has 7 N–H and O–H groups in total. The summed E-state index contributed by atoms with van der Waals surface area (Å²) >= 11 is 0. The van der Waals surface area contributed by atoms with E-state index >= 15 is 0 Å². The Morgan fingerprint density at radius 1 is 1.05 bits per heavy atom. The van der Waals surface area contributed by atoms with Gasteiger partial charge >= 0.3 is 7.82 Å². The lowest BCUT2D eigenvalue weighted by Gasteiger charge is -2.18. The van der Waals surface area contributed by atoms with Crippen LogP contribution in [-0.4, -0.2) is 49.5 Å². The number of benzene rings is 2. The SMILES string of the molecule is C=C(O)C([NH3+])Cc1c[nH+]c[nH]1.COc1ccc(/C=C\c2cc(OC)c(OC)c(OC)c2)cc1OP(=O)([O-])O. The highest BCUT2D eigenvalue weighted by Crippen LogP contribution is 2.40. The third-order valence-corrected chi connectivity index (χ3v) is 5.52. The summed E-state index contributed by atoms with van der Waals surface area (Å²) in [5, 5.41) is 8.94. The van der Waals surface area contributed by atoms with Crippen molar-refractivity contribution < 1.29 is 53.6 Å². The summed E-state index contributed by atoms with van der Waals surface area (Å²) in [4.78, 5) is 25.8. The van der Waals surface area contributed by atoms with Crippen LogP contribution in [0, 0.1) is 0 Å². The summed E-state index contributed by atoms with van der Waals surface area (Å²) in [6.07, 6.45) is 7.73. The fourth-order valence-electron chi connectivity index (χ4n) is 3.20. The highest BCUT2D eigenvalue weighted by molar-refractivity contribution is 7.45. The molecule has 0 aliphatic heterocycles. The Morgan fingerprint density at radius 2 is 1.63 bits per heavy atom. The first-order chi connectivity index (χ1) is 18.0. The number of hydrogen-bond donors (Lipinski definition) is 4. The van der Waals surface area contributed by atoms with Crippen molar-refractivity contribution in [2.24, 2.45) is 0 Å². The van der Waals surface area contributed by atoms with Gasteiger partial charge in [0, 0.05) is 0 Å². The Morgan fingerprint density at radius 3 is 2.11 bits per heavy atom. The van der Waals surface area contributed by atoms with E-state index in [0.717, 1.165) is 11.3 Å². The molecule has 3 aromatic rings. The van der Waals surface area contributed by atoms with E-state index in [-0.39, 0.29) is 23.3 Å². The fourth-order valence-corrected chi connectivity index (χ4v) is 3.59. The summed E-state index contributed by atoms with van der Waals surface area (Å²) in [5.74, 6) is 1.66. The highest BCUT2D eigenvalue weighted by atomic mass is 31.2. The monoisotopic (exact) mass is 550 g/mol. The van der Waals surface area contributed by atoms with Gasteiger partial charge in [-0.3, -0.25) is 9.55 Å². The van der Waals surface area contributed by atoms with Gasteiger partial charge in [-0.15, -0.1) is 0 Å². The van der Waals surface area contributed by atoms with E-state index in [1.54, 1.807) is 36.7 Å². The van der Waals surface area contributed by atoms with Gasteiger partial charge < -0.3 is 44.1 Å². The van der Waals surface area contributed by atoms with Gasteiger partial charge in [-0.1, -0.05) is 24.8 Å². The molecule has 0 bridgehead atoms. The molecule has 206 valence electrons. The number of aromatic nitrogens is 2. The number of methoxy groups -OCH3 is 4. The molecule has 3 rings (SSSR count). The number of aromatic amines is 2. The van der Waals surface area contributed by atoms with Crippen molar-refractivity contribution >= 4 is 20.0 Å². The van der Waals surface area contributed by atoms with Gasteiger partial charge in [-0.25, -0.2) is 4.98 Å². The van der Waals surface area contributed by atoms with Crippen LogP contribution in [0.15, 0.2) is 55.2 Å². The third-order valence-electron chi connectivity index (χ3n) is 5.09. The zero-order chi connectivity index (χ0) is 28.3. The highest BCUT2D eigenvalue weighted by Gasteiger charge is 2.14. The minimum atomic E-state index is -4.96. The zero-order valence-corrected chi connectivity index (χ0v) is 22.5. The van der Waals surface area contributed by atoms with E-state index in [4.69, 9.17) is 28.9 Å². The molecular formula is C25H33N3O9P+. The zero-order valence-electron chi connectivity index (χ0n) is 21.6. The van der Waals surface area contributed by atoms with Crippen LogP contribution in [0.1, 0.15) is 16.8 Å². The van der Waals surface area contributed by atoms with Crippen molar-refractivity contribution in [3.63, 3.8) is 0 Å². The van der Waals surface area contributed by atoms with Gasteiger partial charge in [0.15, 0.2) is 23.0 Å². The lowest BCUT2D eigenvalue weighted by atomic mass is 10.1. The first-order valence-electron chi connectivity index (χ1n) is 11.1. The van der Waals surface area contributed by atoms with Gasteiger partial charge in [0.2, 0.25) is 12.1 Å². The summed E-state index contributed by atoms with van der Waals surface area (Å²) in [6, 6.07) is 8.04. The summed E-state index contributed by atoms with van der Waals surface area (Å²) in [6.45, 7) is 3.40. The van der Waals surface area contributed by atoms with Crippen LogP contribution in [0.4, 0.5) is 0 Å². The van der Waals surface area contributed by atoms with Crippen LogP contribution >= 0.6 is 7.82 Å².